The Labute approximate surface area is 183 Å². The van der Waals surface area contributed by atoms with E-state index in [1.54, 1.807) is 22.8 Å². The molecule has 162 valence electrons. The second-order valence-electron chi connectivity index (χ2n) is 7.56. The second kappa shape index (κ2) is 6.96. The van der Waals surface area contributed by atoms with Crippen LogP contribution in [0.2, 0.25) is 0 Å². The van der Waals surface area contributed by atoms with Crippen molar-refractivity contribution in [1.29, 1.82) is 5.26 Å². The summed E-state index contributed by atoms with van der Waals surface area (Å²) in [7, 11) is 0. The third kappa shape index (κ3) is 2.81. The average Bonchev–Trinajstić information content (AvgIpc) is 3.40. The molecule has 0 fully saturated rings. The van der Waals surface area contributed by atoms with Gasteiger partial charge in [0.2, 0.25) is 5.95 Å². The Hall–Kier alpha value is -4.59. The van der Waals surface area contributed by atoms with Crippen LogP contribution in [-0.2, 0) is 0 Å². The van der Waals surface area contributed by atoms with Crippen molar-refractivity contribution < 1.29 is 13.5 Å². The molecule has 1 unspecified atom stereocenters. The highest BCUT2D eigenvalue weighted by atomic mass is 19.1. The molecule has 0 aliphatic carbocycles. The van der Waals surface area contributed by atoms with Gasteiger partial charge in [0, 0.05) is 6.42 Å². The lowest BCUT2D eigenvalue weighted by Crippen LogP contribution is -2.29. The number of ether oxygens (including phenoxy) is 1. The first kappa shape index (κ1) is 19.1. The van der Waals surface area contributed by atoms with Gasteiger partial charge in [-0.05, 0) is 30.3 Å². The fourth-order valence-electron chi connectivity index (χ4n) is 4.23. The quantitative estimate of drug-likeness (QED) is 0.447. The summed E-state index contributed by atoms with van der Waals surface area (Å²) in [6, 6.07) is 8.30. The molecule has 9 nitrogen and oxygen atoms in total. The number of imidazole rings is 2. The van der Waals surface area contributed by atoms with Crippen LogP contribution in [0.1, 0.15) is 23.6 Å². The fourth-order valence-corrected chi connectivity index (χ4v) is 4.23. The first-order chi connectivity index (χ1) is 16.0. The monoisotopic (exact) mass is 445 g/mol. The molecule has 6 rings (SSSR count). The Bertz CT molecular complexity index is 1680. The number of nitrogens with one attached hydrogen (secondary N) is 1. The summed E-state index contributed by atoms with van der Waals surface area (Å²) < 4.78 is 37.3. The van der Waals surface area contributed by atoms with Gasteiger partial charge in [-0.15, -0.1) is 0 Å². The second-order valence-corrected chi connectivity index (χ2v) is 7.56. The van der Waals surface area contributed by atoms with Crippen LogP contribution >= 0.6 is 0 Å². The van der Waals surface area contributed by atoms with E-state index in [0.717, 1.165) is 12.1 Å². The molecular formula is C22H13F2N7O2. The van der Waals surface area contributed by atoms with Crippen LogP contribution in [0.15, 0.2) is 47.7 Å². The van der Waals surface area contributed by atoms with Crippen molar-refractivity contribution in [2.45, 2.75) is 12.5 Å². The number of nitrogens with zero attached hydrogens (tertiary/aromatic N) is 6. The van der Waals surface area contributed by atoms with E-state index in [1.165, 1.54) is 17.1 Å². The van der Waals surface area contributed by atoms with Gasteiger partial charge in [0.15, 0.2) is 17.2 Å². The van der Waals surface area contributed by atoms with E-state index in [-0.39, 0.29) is 35.9 Å². The highest BCUT2D eigenvalue weighted by Crippen LogP contribution is 2.38. The summed E-state index contributed by atoms with van der Waals surface area (Å²) in [6.07, 6.45) is 3.21. The Balaban J connectivity index is 1.57. The minimum Gasteiger partial charge on any atom is -0.490 e. The van der Waals surface area contributed by atoms with Crippen molar-refractivity contribution >= 4 is 22.2 Å². The summed E-state index contributed by atoms with van der Waals surface area (Å²) in [5.74, 6) is -1.36. The zero-order valence-corrected chi connectivity index (χ0v) is 16.8. The number of nitriles is 1. The summed E-state index contributed by atoms with van der Waals surface area (Å²) in [5, 5.41) is 9.22. The molecule has 1 atom stereocenters. The first-order valence-electron chi connectivity index (χ1n) is 10.0. The molecule has 4 heterocycles. The molecule has 11 heteroatoms. The predicted molar refractivity (Wildman–Crippen MR) is 112 cm³/mol. The third-order valence-corrected chi connectivity index (χ3v) is 5.71. The van der Waals surface area contributed by atoms with Gasteiger partial charge < -0.3 is 9.72 Å². The Morgan fingerprint density at radius 1 is 1.18 bits per heavy atom. The van der Waals surface area contributed by atoms with Crippen LogP contribution in [0.3, 0.4) is 0 Å². The Kier molecular flexibility index (Phi) is 4.03. The summed E-state index contributed by atoms with van der Waals surface area (Å²) in [4.78, 5) is 28.7. The topological polar surface area (TPSA) is 114 Å². The molecule has 1 aliphatic heterocycles. The van der Waals surface area contributed by atoms with Gasteiger partial charge >= 0.3 is 5.69 Å². The first-order valence-corrected chi connectivity index (χ1v) is 10.0. The van der Waals surface area contributed by atoms with Crippen molar-refractivity contribution in [3.63, 3.8) is 0 Å². The molecule has 1 N–H and O–H groups in total. The molecule has 5 aromatic rings. The number of hydrogen-bond acceptors (Lipinski definition) is 6. The normalized spacial score (nSPS) is 15.4. The smallest absolute Gasteiger partial charge is 0.328 e. The minimum absolute atomic E-state index is 0.0313. The number of aromatic nitrogens is 6. The average molecular weight is 445 g/mol. The molecule has 0 spiro atoms. The zero-order chi connectivity index (χ0) is 22.7. The molecule has 0 amide bonds. The number of rotatable bonds is 2. The van der Waals surface area contributed by atoms with E-state index in [2.05, 4.69) is 26.0 Å². The number of benzene rings is 2. The summed E-state index contributed by atoms with van der Waals surface area (Å²) in [6.45, 7) is 0.109. The van der Waals surface area contributed by atoms with Gasteiger partial charge in [0.05, 0.1) is 47.1 Å². The molecule has 33 heavy (non-hydrogen) atoms. The fraction of sp³-hybridized carbons (Fsp3) is 0.136. The molecule has 0 radical (unpaired) electrons. The van der Waals surface area contributed by atoms with Crippen LogP contribution in [-0.4, -0.2) is 35.7 Å². The van der Waals surface area contributed by atoms with E-state index in [0.29, 0.717) is 22.1 Å². The Morgan fingerprint density at radius 3 is 2.88 bits per heavy atom. The number of hydrogen-bond donors (Lipinski definition) is 1. The van der Waals surface area contributed by atoms with E-state index >= 15 is 0 Å². The van der Waals surface area contributed by atoms with Crippen LogP contribution in [0.4, 0.5) is 8.78 Å². The SMILES string of the molecule is N#Cc1ccc2ncn(-c3ncc4[nH]c(=O)n(C5CCOc6c(F)ccc(F)c65)c4n3)c2c1. The highest BCUT2D eigenvalue weighted by molar-refractivity contribution is 5.79. The van der Waals surface area contributed by atoms with Gasteiger partial charge in [-0.25, -0.2) is 23.5 Å². The van der Waals surface area contributed by atoms with Crippen molar-refractivity contribution in [2.75, 3.05) is 6.61 Å². The van der Waals surface area contributed by atoms with E-state index in [4.69, 9.17) is 4.74 Å². The number of fused-ring (bicyclic) bond motifs is 3. The number of H-pyrrole nitrogens is 1. The molecule has 1 aliphatic rings. The van der Waals surface area contributed by atoms with E-state index < -0.39 is 23.4 Å². The number of halogens is 2. The van der Waals surface area contributed by atoms with E-state index in [1.807, 2.05) is 0 Å². The predicted octanol–water partition coefficient (Wildman–Crippen LogP) is 2.98. The van der Waals surface area contributed by atoms with Crippen molar-refractivity contribution in [3.8, 4) is 17.8 Å². The molecule has 0 saturated heterocycles. The maximum atomic E-state index is 14.7. The summed E-state index contributed by atoms with van der Waals surface area (Å²) in [5.41, 5.74) is 1.71. The number of aromatic amines is 1. The lowest BCUT2D eigenvalue weighted by atomic mass is 9.99. The van der Waals surface area contributed by atoms with Gasteiger partial charge in [-0.3, -0.25) is 9.13 Å². The molecule has 3 aromatic heterocycles. The molecule has 2 aromatic carbocycles. The van der Waals surface area contributed by atoms with Crippen LogP contribution in [0, 0.1) is 23.0 Å². The van der Waals surface area contributed by atoms with Crippen molar-refractivity contribution in [3.05, 3.63) is 76.1 Å². The lowest BCUT2D eigenvalue weighted by Gasteiger charge is -2.27. The van der Waals surface area contributed by atoms with Crippen molar-refractivity contribution in [2.24, 2.45) is 0 Å². The molecule has 0 bridgehead atoms. The Morgan fingerprint density at radius 2 is 2.03 bits per heavy atom. The van der Waals surface area contributed by atoms with Gasteiger partial charge in [0.1, 0.15) is 17.7 Å². The van der Waals surface area contributed by atoms with Crippen LogP contribution in [0.25, 0.3) is 28.1 Å². The maximum absolute atomic E-state index is 14.7. The van der Waals surface area contributed by atoms with Gasteiger partial charge in [0.25, 0.3) is 0 Å². The van der Waals surface area contributed by atoms with Gasteiger partial charge in [-0.1, -0.05) is 0 Å². The largest absolute Gasteiger partial charge is 0.490 e. The van der Waals surface area contributed by atoms with E-state index in [9.17, 15) is 18.8 Å². The zero-order valence-electron chi connectivity index (χ0n) is 16.8. The van der Waals surface area contributed by atoms with Gasteiger partial charge in [-0.2, -0.15) is 10.2 Å². The van der Waals surface area contributed by atoms with Crippen LogP contribution in [0.5, 0.6) is 5.75 Å². The summed E-state index contributed by atoms with van der Waals surface area (Å²) >= 11 is 0. The van der Waals surface area contributed by atoms with Crippen LogP contribution < -0.4 is 10.4 Å². The lowest BCUT2D eigenvalue weighted by molar-refractivity contribution is 0.238. The maximum Gasteiger partial charge on any atom is 0.328 e. The standard InChI is InChI=1S/C22H13F2N7O2/c23-12-2-3-13(24)19-18(12)16(5-6-33-19)31-20-15(28-22(31)32)9-26-21(29-20)30-10-27-14-4-1-11(8-25)7-17(14)30/h1-4,7,9-10,16H,5-6H2,(H,28,32). The highest BCUT2D eigenvalue weighted by Gasteiger charge is 2.32. The molecular weight excluding hydrogens is 432 g/mol. The van der Waals surface area contributed by atoms with Crippen molar-refractivity contribution in [1.82, 2.24) is 29.1 Å². The third-order valence-electron chi connectivity index (χ3n) is 5.71. The molecule has 0 saturated carbocycles. The minimum atomic E-state index is -0.821.